The molecule has 0 bridgehead atoms. The lowest BCUT2D eigenvalue weighted by Gasteiger charge is -2.15. The molecule has 3 aromatic rings. The number of amides is 2. The van der Waals surface area contributed by atoms with Gasteiger partial charge in [-0.25, -0.2) is 0 Å². The number of carbonyl (C=O) groups is 2. The van der Waals surface area contributed by atoms with E-state index in [2.05, 4.69) is 0 Å². The van der Waals surface area contributed by atoms with E-state index in [9.17, 15) is 9.59 Å². The molecule has 0 saturated heterocycles. The van der Waals surface area contributed by atoms with Crippen molar-refractivity contribution in [2.75, 3.05) is 0 Å². The monoisotopic (exact) mass is 453 g/mol. The Morgan fingerprint density at radius 2 is 1.40 bits per heavy atom. The Labute approximate surface area is 189 Å². The van der Waals surface area contributed by atoms with Crippen molar-refractivity contribution >= 4 is 52.4 Å². The highest BCUT2D eigenvalue weighted by molar-refractivity contribution is 8.03. The van der Waals surface area contributed by atoms with E-state index in [1.807, 2.05) is 60.7 Å². The summed E-state index contributed by atoms with van der Waals surface area (Å²) >= 11 is 13.8. The van der Waals surface area contributed by atoms with Crippen molar-refractivity contribution in [2.24, 2.45) is 0 Å². The summed E-state index contributed by atoms with van der Waals surface area (Å²) in [6.45, 7) is 0.211. The van der Waals surface area contributed by atoms with Crippen LogP contribution in [0.25, 0.3) is 5.57 Å². The number of hydrogen-bond donors (Lipinski definition) is 0. The fourth-order valence-corrected chi connectivity index (χ4v) is 4.84. The van der Waals surface area contributed by atoms with Gasteiger partial charge in [0.15, 0.2) is 0 Å². The highest BCUT2D eigenvalue weighted by atomic mass is 35.5. The van der Waals surface area contributed by atoms with E-state index in [0.717, 1.165) is 11.1 Å². The molecule has 6 heteroatoms. The fourth-order valence-electron chi connectivity index (χ4n) is 3.26. The summed E-state index contributed by atoms with van der Waals surface area (Å²) in [4.78, 5) is 28.3. The van der Waals surface area contributed by atoms with E-state index in [1.54, 1.807) is 18.2 Å². The maximum Gasteiger partial charge on any atom is 0.268 e. The van der Waals surface area contributed by atoms with E-state index in [4.69, 9.17) is 23.2 Å². The Hall–Kier alpha value is -2.53. The van der Waals surface area contributed by atoms with Gasteiger partial charge in [-0.1, -0.05) is 89.9 Å². The molecule has 0 radical (unpaired) electrons. The number of carbonyl (C=O) groups excluding carboxylic acids is 2. The van der Waals surface area contributed by atoms with Gasteiger partial charge < -0.3 is 0 Å². The van der Waals surface area contributed by atoms with Crippen LogP contribution in [0.15, 0.2) is 83.8 Å². The second kappa shape index (κ2) is 9.09. The standard InChI is InChI=1S/C24H17Cl2NO2S/c25-18-11-12-19(20(26)13-18)21-22(30-15-17-9-5-2-6-10-17)24(29)27(23(21)28)14-16-7-3-1-4-8-16/h1-13H,14-15H2. The summed E-state index contributed by atoms with van der Waals surface area (Å²) in [6.07, 6.45) is 0. The number of thioether (sulfide) groups is 1. The predicted octanol–water partition coefficient (Wildman–Crippen LogP) is 6.21. The number of hydrogen-bond acceptors (Lipinski definition) is 3. The maximum atomic E-state index is 13.3. The molecule has 150 valence electrons. The molecule has 0 N–H and O–H groups in total. The van der Waals surface area contributed by atoms with Crippen LogP contribution in [-0.2, 0) is 21.9 Å². The number of halogens is 2. The summed E-state index contributed by atoms with van der Waals surface area (Å²) in [5.41, 5.74) is 2.80. The van der Waals surface area contributed by atoms with Crippen molar-refractivity contribution in [3.05, 3.63) is 111 Å². The van der Waals surface area contributed by atoms with Crippen LogP contribution >= 0.6 is 35.0 Å². The summed E-state index contributed by atoms with van der Waals surface area (Å²) in [5, 5.41) is 0.818. The summed E-state index contributed by atoms with van der Waals surface area (Å²) < 4.78 is 0. The van der Waals surface area contributed by atoms with Gasteiger partial charge in [-0.3, -0.25) is 14.5 Å². The Morgan fingerprint density at radius 3 is 2.03 bits per heavy atom. The average Bonchev–Trinajstić information content (AvgIpc) is 2.98. The van der Waals surface area contributed by atoms with Gasteiger partial charge in [0.25, 0.3) is 11.8 Å². The van der Waals surface area contributed by atoms with Crippen molar-refractivity contribution in [1.29, 1.82) is 0 Å². The molecule has 1 aliphatic heterocycles. The molecule has 0 saturated carbocycles. The fraction of sp³-hybridized carbons (Fsp3) is 0.0833. The van der Waals surface area contributed by atoms with Gasteiger partial charge in [0.05, 0.1) is 22.0 Å². The average molecular weight is 454 g/mol. The molecule has 3 aromatic carbocycles. The van der Waals surface area contributed by atoms with Crippen molar-refractivity contribution in [2.45, 2.75) is 12.3 Å². The molecule has 2 amide bonds. The topological polar surface area (TPSA) is 37.4 Å². The lowest BCUT2D eigenvalue weighted by atomic mass is 10.1. The molecule has 0 spiro atoms. The molecule has 0 unspecified atom stereocenters. The highest BCUT2D eigenvalue weighted by Crippen LogP contribution is 2.40. The summed E-state index contributed by atoms with van der Waals surface area (Å²) in [7, 11) is 0. The molecule has 1 aliphatic rings. The minimum atomic E-state index is -0.344. The van der Waals surface area contributed by atoms with Crippen LogP contribution < -0.4 is 0 Å². The third-order valence-corrected chi connectivity index (χ3v) is 6.43. The van der Waals surface area contributed by atoms with E-state index in [0.29, 0.717) is 31.8 Å². The lowest BCUT2D eigenvalue weighted by Crippen LogP contribution is -2.30. The third-order valence-electron chi connectivity index (χ3n) is 4.74. The molecule has 1 heterocycles. The van der Waals surface area contributed by atoms with Gasteiger partial charge in [0, 0.05) is 16.3 Å². The molecular weight excluding hydrogens is 437 g/mol. The maximum absolute atomic E-state index is 13.3. The van der Waals surface area contributed by atoms with Gasteiger partial charge in [0.2, 0.25) is 0 Å². The van der Waals surface area contributed by atoms with Crippen molar-refractivity contribution in [3.63, 3.8) is 0 Å². The quantitative estimate of drug-likeness (QED) is 0.416. The van der Waals surface area contributed by atoms with Crippen LogP contribution in [0.5, 0.6) is 0 Å². The first-order chi connectivity index (χ1) is 14.5. The number of imide groups is 1. The number of benzene rings is 3. The van der Waals surface area contributed by atoms with Crippen LogP contribution in [0.2, 0.25) is 10.0 Å². The van der Waals surface area contributed by atoms with Crippen molar-refractivity contribution in [1.82, 2.24) is 4.90 Å². The largest absolute Gasteiger partial charge is 0.269 e. The number of rotatable bonds is 6. The Morgan fingerprint density at radius 1 is 0.767 bits per heavy atom. The first-order valence-corrected chi connectivity index (χ1v) is 11.1. The van der Waals surface area contributed by atoms with Crippen LogP contribution in [0.4, 0.5) is 0 Å². The minimum Gasteiger partial charge on any atom is -0.269 e. The Kier molecular flexibility index (Phi) is 6.28. The van der Waals surface area contributed by atoms with E-state index in [1.165, 1.54) is 16.7 Å². The van der Waals surface area contributed by atoms with Crippen LogP contribution in [-0.4, -0.2) is 16.7 Å². The summed E-state index contributed by atoms with van der Waals surface area (Å²) in [6, 6.07) is 24.2. The van der Waals surface area contributed by atoms with Crippen LogP contribution in [0.1, 0.15) is 16.7 Å². The van der Waals surface area contributed by atoms with Gasteiger partial charge in [-0.2, -0.15) is 0 Å². The first kappa shape index (κ1) is 20.7. The molecule has 0 aromatic heterocycles. The summed E-state index contributed by atoms with van der Waals surface area (Å²) in [5.74, 6) is -0.0715. The van der Waals surface area contributed by atoms with Crippen LogP contribution in [0.3, 0.4) is 0 Å². The van der Waals surface area contributed by atoms with E-state index >= 15 is 0 Å². The van der Waals surface area contributed by atoms with Gasteiger partial charge in [-0.15, -0.1) is 11.8 Å². The Balaban J connectivity index is 1.71. The van der Waals surface area contributed by atoms with E-state index in [-0.39, 0.29) is 18.4 Å². The van der Waals surface area contributed by atoms with Crippen molar-refractivity contribution < 1.29 is 9.59 Å². The Bertz CT molecular complexity index is 1130. The van der Waals surface area contributed by atoms with Gasteiger partial charge >= 0.3 is 0 Å². The van der Waals surface area contributed by atoms with Gasteiger partial charge in [0.1, 0.15) is 0 Å². The van der Waals surface area contributed by atoms with Crippen molar-refractivity contribution in [3.8, 4) is 0 Å². The molecule has 0 atom stereocenters. The third kappa shape index (κ3) is 4.31. The smallest absolute Gasteiger partial charge is 0.268 e. The first-order valence-electron chi connectivity index (χ1n) is 9.31. The SMILES string of the molecule is O=C1C(SCc2ccccc2)=C(c2ccc(Cl)cc2Cl)C(=O)N1Cc1ccccc1. The molecule has 4 rings (SSSR count). The minimum absolute atomic E-state index is 0.211. The van der Waals surface area contributed by atoms with Gasteiger partial charge in [-0.05, 0) is 23.3 Å². The van der Waals surface area contributed by atoms with E-state index < -0.39 is 0 Å². The second-order valence-electron chi connectivity index (χ2n) is 6.78. The highest BCUT2D eigenvalue weighted by Gasteiger charge is 2.39. The van der Waals surface area contributed by atoms with Crippen LogP contribution in [0, 0.1) is 0 Å². The molecule has 30 heavy (non-hydrogen) atoms. The second-order valence-corrected chi connectivity index (χ2v) is 8.61. The molecule has 0 fully saturated rings. The number of nitrogens with zero attached hydrogens (tertiary/aromatic N) is 1. The molecule has 3 nitrogen and oxygen atoms in total. The normalized spacial score (nSPS) is 14.0. The zero-order chi connectivity index (χ0) is 21.1. The zero-order valence-electron chi connectivity index (χ0n) is 15.8. The zero-order valence-corrected chi connectivity index (χ0v) is 18.2. The lowest BCUT2D eigenvalue weighted by molar-refractivity contribution is -0.137. The molecule has 0 aliphatic carbocycles. The predicted molar refractivity (Wildman–Crippen MR) is 123 cm³/mol. The molecular formula is C24H17Cl2NO2S.